The van der Waals surface area contributed by atoms with Crippen molar-refractivity contribution in [2.24, 2.45) is 16.7 Å². The maximum atomic E-state index is 15.9. The first-order valence-corrected chi connectivity index (χ1v) is 26.9. The number of esters is 5. The predicted molar refractivity (Wildman–Crippen MR) is 286 cm³/mol. The van der Waals surface area contributed by atoms with Crippen LogP contribution in [0.25, 0.3) is 0 Å². The molecule has 0 radical (unpaired) electrons. The van der Waals surface area contributed by atoms with E-state index in [1.165, 1.54) is 48.9 Å². The Morgan fingerprint density at radius 1 is 0.778 bits per heavy atom. The molecule has 2 bridgehead atoms. The number of rotatable bonds is 16. The van der Waals surface area contributed by atoms with E-state index in [-0.39, 0.29) is 65.2 Å². The summed E-state index contributed by atoms with van der Waals surface area (Å²) in [5, 5.41) is 29.3. The average Bonchev–Trinajstić information content (AvgIpc) is 0.903. The van der Waals surface area contributed by atoms with Crippen LogP contribution in [0.2, 0.25) is 0 Å². The number of nitrogens with one attached hydrogen (secondary N) is 1. The average molecular weight is 1120 g/mol. The zero-order valence-electron chi connectivity index (χ0n) is 47.0. The molecule has 430 valence electrons. The van der Waals surface area contributed by atoms with Gasteiger partial charge in [-0.2, -0.15) is 4.57 Å². The van der Waals surface area contributed by atoms with Gasteiger partial charge < -0.3 is 53.6 Å². The molecule has 1 saturated heterocycles. The van der Waals surface area contributed by atoms with E-state index in [2.05, 4.69) is 5.32 Å². The summed E-state index contributed by atoms with van der Waals surface area (Å²) >= 11 is 0. The van der Waals surface area contributed by atoms with Crippen LogP contribution in [-0.2, 0) is 59.1 Å². The molecule has 0 spiro atoms. The van der Waals surface area contributed by atoms with Crippen molar-refractivity contribution in [3.05, 3.63) is 149 Å². The number of ether oxygens (including phenoxy) is 7. The number of aliphatic hydroxyl groups excluding tert-OH is 1. The molecule has 1 aliphatic heterocycles. The molecule has 11 unspecified atom stereocenters. The van der Waals surface area contributed by atoms with Crippen molar-refractivity contribution < 1.29 is 86.3 Å². The monoisotopic (exact) mass is 1120 g/mol. The first-order valence-electron chi connectivity index (χ1n) is 26.9. The molecule has 2 saturated carbocycles. The molecule has 2 amide bonds. The number of benzene rings is 3. The Kier molecular flexibility index (Phi) is 17.1. The minimum atomic E-state index is -2.51. The fourth-order valence-corrected chi connectivity index (χ4v) is 12.4. The number of nitrogens with zero attached hydrogens (tertiary/aromatic N) is 2. The van der Waals surface area contributed by atoms with Crippen LogP contribution in [0, 0.1) is 16.7 Å². The molecular weight excluding hydrogens is 1050 g/mol. The molecule has 3 N–H and O–H groups in total. The van der Waals surface area contributed by atoms with Gasteiger partial charge in [-0.25, -0.2) is 19.2 Å². The first-order chi connectivity index (χ1) is 38.3. The quantitative estimate of drug-likeness (QED) is 0.0495. The van der Waals surface area contributed by atoms with Gasteiger partial charge in [-0.15, -0.1) is 0 Å². The van der Waals surface area contributed by atoms with E-state index in [4.69, 9.17) is 33.2 Å². The van der Waals surface area contributed by atoms with Crippen molar-refractivity contribution in [3.8, 4) is 0 Å². The van der Waals surface area contributed by atoms with Gasteiger partial charge in [-0.3, -0.25) is 19.2 Å². The topological polar surface area (TPSA) is 261 Å². The summed E-state index contributed by atoms with van der Waals surface area (Å²) in [5.41, 5.74) is -7.86. The van der Waals surface area contributed by atoms with E-state index in [0.717, 1.165) is 13.8 Å². The fourth-order valence-electron chi connectivity index (χ4n) is 12.4. The lowest BCUT2D eigenvalue weighted by Crippen LogP contribution is -2.82. The van der Waals surface area contributed by atoms with Gasteiger partial charge in [-0.1, -0.05) is 80.6 Å². The molecular formula is C61H70N3O17+. The van der Waals surface area contributed by atoms with Gasteiger partial charge in [0.2, 0.25) is 6.10 Å². The highest BCUT2D eigenvalue weighted by molar-refractivity contribution is 5.97. The summed E-state index contributed by atoms with van der Waals surface area (Å²) in [6.07, 6.45) is -8.85. The number of hydrogen-bond donors (Lipinski definition) is 3. The number of Topliss-reactive ketones (excluding diaryl/α,β-unsaturated/α-hetero) is 1. The molecule has 8 rings (SSSR count). The van der Waals surface area contributed by atoms with E-state index in [1.54, 1.807) is 104 Å². The van der Waals surface area contributed by atoms with Crippen LogP contribution in [-0.4, -0.2) is 129 Å². The molecule has 2 heterocycles. The highest BCUT2D eigenvalue weighted by Crippen LogP contribution is 2.64. The lowest BCUT2D eigenvalue weighted by Gasteiger charge is -2.67. The van der Waals surface area contributed by atoms with E-state index in [0.29, 0.717) is 0 Å². The van der Waals surface area contributed by atoms with Crippen LogP contribution in [0.4, 0.5) is 4.79 Å². The highest BCUT2D eigenvalue weighted by Gasteiger charge is 2.78. The van der Waals surface area contributed by atoms with Crippen LogP contribution in [0.1, 0.15) is 125 Å². The van der Waals surface area contributed by atoms with Crippen molar-refractivity contribution in [3.63, 3.8) is 0 Å². The number of ketones is 1. The Labute approximate surface area is 469 Å². The number of carbonyl (C=O) groups is 8. The predicted octanol–water partition coefficient (Wildman–Crippen LogP) is 6.10. The number of pyridine rings is 1. The highest BCUT2D eigenvalue weighted by atomic mass is 16.6. The number of fused-ring (bicyclic) bond motifs is 5. The molecule has 11 atom stereocenters. The fraction of sp³-hybridized carbons (Fsp3) is 0.459. The second-order valence-electron chi connectivity index (χ2n) is 22.5. The van der Waals surface area contributed by atoms with Gasteiger partial charge in [0.15, 0.2) is 29.9 Å². The maximum Gasteiger partial charge on any atom is 0.415 e. The van der Waals surface area contributed by atoms with Crippen molar-refractivity contribution in [2.75, 3.05) is 6.61 Å². The normalized spacial score (nSPS) is 27.1. The Morgan fingerprint density at radius 3 is 1.94 bits per heavy atom. The number of carbonyl (C=O) groups excluding carboxylic acids is 8. The summed E-state index contributed by atoms with van der Waals surface area (Å²) in [6, 6.07) is 25.0. The summed E-state index contributed by atoms with van der Waals surface area (Å²) in [7, 11) is 0. The summed E-state index contributed by atoms with van der Waals surface area (Å²) in [4.78, 5) is 116. The largest absolute Gasteiger partial charge is 0.455 e. The zero-order chi connectivity index (χ0) is 58.9. The number of aliphatic hydroxyl groups is 2. The van der Waals surface area contributed by atoms with Crippen LogP contribution < -0.4 is 9.88 Å². The van der Waals surface area contributed by atoms with Crippen LogP contribution in [0.15, 0.2) is 127 Å². The van der Waals surface area contributed by atoms with E-state index in [1.807, 2.05) is 27.7 Å². The van der Waals surface area contributed by atoms with E-state index in [9.17, 15) is 39.0 Å². The van der Waals surface area contributed by atoms with Crippen LogP contribution >= 0.6 is 0 Å². The minimum Gasteiger partial charge on any atom is -0.455 e. The second-order valence-corrected chi connectivity index (χ2v) is 22.5. The van der Waals surface area contributed by atoms with Gasteiger partial charge in [0.25, 0.3) is 12.6 Å². The number of hydrogen-bond acceptors (Lipinski definition) is 17. The molecule has 4 aromatic rings. The second kappa shape index (κ2) is 23.3. The molecule has 3 fully saturated rings. The Hall–Kier alpha value is -7.81. The van der Waals surface area contributed by atoms with E-state index < -0.39 is 125 Å². The van der Waals surface area contributed by atoms with Gasteiger partial charge in [-0.05, 0) is 88.6 Å². The van der Waals surface area contributed by atoms with Crippen molar-refractivity contribution in [1.82, 2.24) is 10.2 Å². The van der Waals surface area contributed by atoms with Crippen molar-refractivity contribution >= 4 is 47.6 Å². The summed E-state index contributed by atoms with van der Waals surface area (Å²) in [5.74, 6) is -8.31. The third kappa shape index (κ3) is 11.2. The van der Waals surface area contributed by atoms with Crippen molar-refractivity contribution in [2.45, 2.75) is 155 Å². The molecule has 1 aromatic heterocycles. The third-order valence-corrected chi connectivity index (χ3v) is 16.4. The molecule has 81 heavy (non-hydrogen) atoms. The lowest BCUT2D eigenvalue weighted by atomic mass is 9.44. The van der Waals surface area contributed by atoms with Gasteiger partial charge >= 0.3 is 35.9 Å². The third-order valence-electron chi connectivity index (χ3n) is 16.4. The molecule has 4 aliphatic rings. The number of aromatic nitrogens is 1. The maximum absolute atomic E-state index is 15.9. The number of amides is 2. The van der Waals surface area contributed by atoms with Crippen LogP contribution in [0.3, 0.4) is 0 Å². The zero-order valence-corrected chi connectivity index (χ0v) is 47.0. The Balaban J connectivity index is 1.27. The van der Waals surface area contributed by atoms with Crippen molar-refractivity contribution in [1.29, 1.82) is 0 Å². The molecule has 20 nitrogen and oxygen atoms in total. The summed E-state index contributed by atoms with van der Waals surface area (Å²) < 4.78 is 44.3. The van der Waals surface area contributed by atoms with Gasteiger partial charge in [0.05, 0.1) is 29.6 Å². The Bertz CT molecular complexity index is 3090. The van der Waals surface area contributed by atoms with Gasteiger partial charge in [0, 0.05) is 55.8 Å². The van der Waals surface area contributed by atoms with Crippen LogP contribution in [0.5, 0.6) is 0 Å². The summed E-state index contributed by atoms with van der Waals surface area (Å²) in [6.45, 7) is 14.9. The molecule has 20 heteroatoms. The Morgan fingerprint density at radius 2 is 1.37 bits per heavy atom. The van der Waals surface area contributed by atoms with Gasteiger partial charge in [0.1, 0.15) is 35.5 Å². The minimum absolute atomic E-state index is 0.0276. The molecule has 3 aromatic carbocycles. The standard InChI is InChI=1S/C61H69N3O17/c1-34(2)64(35(3)4)57(73)76-33-63-28-20-27-42(31-63)55(71)79-49(47(39-21-14-11-15-22-39)62-53(69)40-23-16-12-17-24-40)56(72)78-43-30-61(74)52(80-54(70)41-25-18-13-19-26-41)50-59(10,44(67)29-45-60(50,32-75-45)81-38(7)66)51(68)48(77-37(6)65)46(36(43)5)58(61,8)9/h11-28,31,34-35,43-45,47-50,52,67,74H,29-30,32-33H2,1-10H3/p+1. The molecule has 3 aliphatic carbocycles. The lowest BCUT2D eigenvalue weighted by molar-refractivity contribution is -0.727. The van der Waals surface area contributed by atoms with E-state index >= 15 is 9.59 Å². The smallest absolute Gasteiger partial charge is 0.415 e. The SMILES string of the molecule is CC(=O)OC1C(=O)C2(C)C(O)CC3OCC3(OC(C)=O)C2C(OC(=O)c2ccccc2)C2(O)CC(OC(=O)C(OC(=O)c3ccc[n+](COC(=O)N(C(C)C)C(C)C)c3)C(NC(=O)c3ccccc3)c3ccccc3)C(C)=C1C2(C)C. The first kappa shape index (κ1) is 59.3.